The smallest absolute Gasteiger partial charge is 0.407 e. The molecule has 4 rings (SSSR count). The SMILES string of the molecule is C=CC(=O)Nc1sc2c(c1-c1nc3cc(Br)ccc3s1)C[C@@H](C)N(C(=O)O)C2. The fourth-order valence-corrected chi connectivity index (χ4v) is 5.98. The Hall–Kier alpha value is -2.23. The first kappa shape index (κ1) is 19.1. The number of nitrogens with one attached hydrogen (secondary N) is 1. The first-order valence-electron chi connectivity index (χ1n) is 8.51. The van der Waals surface area contributed by atoms with E-state index in [1.165, 1.54) is 22.3 Å². The molecule has 0 saturated carbocycles. The Morgan fingerprint density at radius 2 is 2.21 bits per heavy atom. The van der Waals surface area contributed by atoms with Gasteiger partial charge >= 0.3 is 6.09 Å². The summed E-state index contributed by atoms with van der Waals surface area (Å²) in [5.41, 5.74) is 2.84. The maximum Gasteiger partial charge on any atom is 0.407 e. The third-order valence-electron chi connectivity index (χ3n) is 4.67. The van der Waals surface area contributed by atoms with Crippen LogP contribution < -0.4 is 5.32 Å². The maximum atomic E-state index is 12.0. The zero-order valence-corrected chi connectivity index (χ0v) is 18.1. The van der Waals surface area contributed by atoms with Crippen molar-refractivity contribution in [2.45, 2.75) is 25.9 Å². The number of carbonyl (C=O) groups excluding carboxylic acids is 1. The topological polar surface area (TPSA) is 82.5 Å². The predicted molar refractivity (Wildman–Crippen MR) is 116 cm³/mol. The highest BCUT2D eigenvalue weighted by Gasteiger charge is 2.33. The lowest BCUT2D eigenvalue weighted by molar-refractivity contribution is -0.111. The molecular weight excluding hydrogens is 462 g/mol. The van der Waals surface area contributed by atoms with Gasteiger partial charge in [0.1, 0.15) is 10.0 Å². The molecule has 3 heterocycles. The van der Waals surface area contributed by atoms with Crippen molar-refractivity contribution >= 4 is 65.8 Å². The number of halogens is 1. The number of thiophene rings is 1. The standard InChI is InChI=1S/C19H16BrN3O3S2/c1-3-15(24)22-18-16(17-21-12-7-10(20)4-5-13(12)27-17)11-6-9(2)23(19(25)26)8-14(11)28-18/h3-5,7,9H,1,6,8H2,2H3,(H,22,24)(H,25,26)/t9-/m1/s1. The highest BCUT2D eigenvalue weighted by Crippen LogP contribution is 2.46. The summed E-state index contributed by atoms with van der Waals surface area (Å²) in [7, 11) is 0. The Bertz CT molecular complexity index is 1120. The van der Waals surface area contributed by atoms with Crippen LogP contribution in [0.5, 0.6) is 0 Å². The molecule has 0 fully saturated rings. The number of anilines is 1. The van der Waals surface area contributed by atoms with Crippen molar-refractivity contribution in [3.05, 3.63) is 45.8 Å². The Morgan fingerprint density at radius 1 is 1.43 bits per heavy atom. The van der Waals surface area contributed by atoms with E-state index in [9.17, 15) is 14.7 Å². The van der Waals surface area contributed by atoms with Crippen LogP contribution in [0.3, 0.4) is 0 Å². The molecule has 144 valence electrons. The lowest BCUT2D eigenvalue weighted by Gasteiger charge is -2.31. The van der Waals surface area contributed by atoms with Gasteiger partial charge < -0.3 is 15.3 Å². The third-order valence-corrected chi connectivity index (χ3v) is 7.35. The summed E-state index contributed by atoms with van der Waals surface area (Å²) in [4.78, 5) is 30.7. The number of carbonyl (C=O) groups is 2. The van der Waals surface area contributed by atoms with E-state index in [0.29, 0.717) is 18.0 Å². The van der Waals surface area contributed by atoms with Crippen LogP contribution in [0.25, 0.3) is 20.8 Å². The van der Waals surface area contributed by atoms with Gasteiger partial charge in [0.25, 0.3) is 0 Å². The first-order chi connectivity index (χ1) is 13.4. The summed E-state index contributed by atoms with van der Waals surface area (Å²) < 4.78 is 2.00. The van der Waals surface area contributed by atoms with E-state index in [2.05, 4.69) is 27.8 Å². The second-order valence-corrected chi connectivity index (χ2v) is 9.55. The number of thiazole rings is 1. The largest absolute Gasteiger partial charge is 0.465 e. The van der Waals surface area contributed by atoms with E-state index in [0.717, 1.165) is 35.7 Å². The molecule has 2 amide bonds. The van der Waals surface area contributed by atoms with Crippen LogP contribution in [-0.4, -0.2) is 33.0 Å². The fourth-order valence-electron chi connectivity index (χ4n) is 3.31. The molecule has 0 aliphatic carbocycles. The van der Waals surface area contributed by atoms with E-state index in [-0.39, 0.29) is 11.9 Å². The van der Waals surface area contributed by atoms with Gasteiger partial charge in [0.2, 0.25) is 5.91 Å². The zero-order chi connectivity index (χ0) is 20.0. The molecule has 1 aliphatic rings. The molecule has 0 unspecified atom stereocenters. The van der Waals surface area contributed by atoms with Gasteiger partial charge in [0.05, 0.1) is 16.8 Å². The molecule has 6 nitrogen and oxygen atoms in total. The van der Waals surface area contributed by atoms with Crippen LogP contribution in [0, 0.1) is 0 Å². The number of hydrogen-bond acceptors (Lipinski definition) is 5. The molecule has 1 aliphatic heterocycles. The summed E-state index contributed by atoms with van der Waals surface area (Å²) in [6.07, 6.45) is 0.871. The van der Waals surface area contributed by atoms with Gasteiger partial charge in [-0.1, -0.05) is 22.5 Å². The maximum absolute atomic E-state index is 12.0. The highest BCUT2D eigenvalue weighted by atomic mass is 79.9. The summed E-state index contributed by atoms with van der Waals surface area (Å²) in [6, 6.07) is 5.80. The van der Waals surface area contributed by atoms with Crippen LogP contribution in [0.15, 0.2) is 35.3 Å². The van der Waals surface area contributed by atoms with E-state index in [1.807, 2.05) is 25.1 Å². The number of carboxylic acid groups (broad SMARTS) is 1. The molecule has 2 aromatic heterocycles. The van der Waals surface area contributed by atoms with Gasteiger partial charge in [-0.05, 0) is 43.2 Å². The lowest BCUT2D eigenvalue weighted by Crippen LogP contribution is -2.41. The molecule has 0 saturated heterocycles. The van der Waals surface area contributed by atoms with Crippen molar-refractivity contribution < 1.29 is 14.7 Å². The van der Waals surface area contributed by atoms with E-state index in [1.54, 1.807) is 11.3 Å². The van der Waals surface area contributed by atoms with Crippen LogP contribution in [0.1, 0.15) is 17.4 Å². The number of rotatable bonds is 3. The van der Waals surface area contributed by atoms with E-state index >= 15 is 0 Å². The monoisotopic (exact) mass is 477 g/mol. The molecule has 1 atom stereocenters. The second kappa shape index (κ2) is 7.31. The Kier molecular flexibility index (Phi) is 4.98. The molecule has 0 spiro atoms. The van der Waals surface area contributed by atoms with Gasteiger partial charge in [0.15, 0.2) is 0 Å². The van der Waals surface area contributed by atoms with Crippen molar-refractivity contribution in [2.24, 2.45) is 0 Å². The van der Waals surface area contributed by atoms with Crippen molar-refractivity contribution in [1.82, 2.24) is 9.88 Å². The first-order valence-corrected chi connectivity index (χ1v) is 10.9. The Balaban J connectivity index is 1.87. The van der Waals surface area contributed by atoms with Crippen LogP contribution in [0.4, 0.5) is 9.80 Å². The highest BCUT2D eigenvalue weighted by molar-refractivity contribution is 9.10. The number of hydrogen-bond donors (Lipinski definition) is 2. The normalized spacial score (nSPS) is 16.1. The Morgan fingerprint density at radius 3 is 2.93 bits per heavy atom. The van der Waals surface area contributed by atoms with Crippen LogP contribution >= 0.6 is 38.6 Å². The molecule has 0 bridgehead atoms. The minimum Gasteiger partial charge on any atom is -0.465 e. The molecule has 2 N–H and O–H groups in total. The number of fused-ring (bicyclic) bond motifs is 2. The molecule has 9 heteroatoms. The van der Waals surface area contributed by atoms with Crippen LogP contribution in [0.2, 0.25) is 0 Å². The van der Waals surface area contributed by atoms with Crippen molar-refractivity contribution in [1.29, 1.82) is 0 Å². The minimum absolute atomic E-state index is 0.148. The quantitative estimate of drug-likeness (QED) is 0.498. The van der Waals surface area contributed by atoms with Gasteiger partial charge in [-0.2, -0.15) is 0 Å². The van der Waals surface area contributed by atoms with Crippen molar-refractivity contribution in [3.8, 4) is 10.6 Å². The number of amides is 2. The zero-order valence-electron chi connectivity index (χ0n) is 14.9. The Labute approximate surface area is 177 Å². The lowest BCUT2D eigenvalue weighted by atomic mass is 9.98. The van der Waals surface area contributed by atoms with E-state index in [4.69, 9.17) is 4.98 Å². The van der Waals surface area contributed by atoms with Crippen LogP contribution in [-0.2, 0) is 17.8 Å². The molecule has 0 radical (unpaired) electrons. The molecule has 3 aromatic rings. The van der Waals surface area contributed by atoms with Crippen molar-refractivity contribution in [3.63, 3.8) is 0 Å². The van der Waals surface area contributed by atoms with Gasteiger partial charge in [0, 0.05) is 21.0 Å². The fraction of sp³-hybridized carbons (Fsp3) is 0.211. The summed E-state index contributed by atoms with van der Waals surface area (Å²) in [5.74, 6) is -0.299. The number of aromatic nitrogens is 1. The molecular formula is C19H16BrN3O3S2. The average Bonchev–Trinajstić information content (AvgIpc) is 3.20. The van der Waals surface area contributed by atoms with Gasteiger partial charge in [-0.25, -0.2) is 9.78 Å². The average molecular weight is 478 g/mol. The predicted octanol–water partition coefficient (Wildman–Crippen LogP) is 5.34. The second-order valence-electron chi connectivity index (χ2n) is 6.50. The number of nitrogens with zero attached hydrogens (tertiary/aromatic N) is 2. The third kappa shape index (κ3) is 3.34. The minimum atomic E-state index is -0.936. The van der Waals surface area contributed by atoms with Crippen molar-refractivity contribution in [2.75, 3.05) is 5.32 Å². The van der Waals surface area contributed by atoms with E-state index < -0.39 is 6.09 Å². The molecule has 28 heavy (non-hydrogen) atoms. The molecule has 1 aromatic carbocycles. The summed E-state index contributed by atoms with van der Waals surface area (Å²) >= 11 is 6.44. The van der Waals surface area contributed by atoms with Gasteiger partial charge in [-0.15, -0.1) is 22.7 Å². The van der Waals surface area contributed by atoms with Gasteiger partial charge in [-0.3, -0.25) is 4.79 Å². The number of benzene rings is 1. The summed E-state index contributed by atoms with van der Waals surface area (Å²) in [5, 5.41) is 13.9. The summed E-state index contributed by atoms with van der Waals surface area (Å²) in [6.45, 7) is 5.73.